The molecule has 106 valence electrons. The number of alkyl halides is 1. The fourth-order valence-electron chi connectivity index (χ4n) is 1.62. The molecule has 0 radical (unpaired) electrons. The summed E-state index contributed by atoms with van der Waals surface area (Å²) in [7, 11) is 1.53. The summed E-state index contributed by atoms with van der Waals surface area (Å²) in [4.78, 5) is 13.3. The monoisotopic (exact) mass is 281 g/mol. The van der Waals surface area contributed by atoms with Crippen LogP contribution in [0.5, 0.6) is 0 Å². The van der Waals surface area contributed by atoms with Gasteiger partial charge in [-0.3, -0.25) is 4.79 Å². The van der Waals surface area contributed by atoms with Crippen molar-refractivity contribution in [3.63, 3.8) is 0 Å². The van der Waals surface area contributed by atoms with E-state index in [2.05, 4.69) is 0 Å². The van der Waals surface area contributed by atoms with E-state index >= 15 is 0 Å². The highest BCUT2D eigenvalue weighted by Gasteiger charge is 2.25. The molecule has 18 heavy (non-hydrogen) atoms. The molecule has 0 aromatic heterocycles. The zero-order valence-electron chi connectivity index (χ0n) is 10.8. The van der Waals surface area contributed by atoms with Crippen LogP contribution in [-0.4, -0.2) is 69.3 Å². The Hall–Kier alpha value is -0.400. The van der Waals surface area contributed by atoms with Gasteiger partial charge in [0.2, 0.25) is 5.91 Å². The molecule has 6 nitrogen and oxygen atoms in total. The van der Waals surface area contributed by atoms with Crippen LogP contribution < -0.4 is 0 Å². The van der Waals surface area contributed by atoms with Crippen LogP contribution in [-0.2, 0) is 23.7 Å². The Labute approximate surface area is 112 Å². The molecule has 1 aliphatic heterocycles. The summed E-state index contributed by atoms with van der Waals surface area (Å²) in [6.45, 7) is 4.11. The maximum absolute atomic E-state index is 11.7. The van der Waals surface area contributed by atoms with Crippen molar-refractivity contribution in [1.29, 1.82) is 0 Å². The van der Waals surface area contributed by atoms with Gasteiger partial charge in [-0.25, -0.2) is 0 Å². The normalized spacial score (nSPS) is 17.9. The molecule has 1 saturated heterocycles. The molecule has 1 rings (SSSR count). The Morgan fingerprint density at radius 3 is 2.67 bits per heavy atom. The standard InChI is InChI=1S/C11H20ClNO5/c1-3-16-10(15-2)7-13(9(14)6-12)8-11-17-4-5-18-11/h10-11H,3-8H2,1-2H3. The van der Waals surface area contributed by atoms with Gasteiger partial charge in [0.05, 0.1) is 26.3 Å². The van der Waals surface area contributed by atoms with Crippen LogP contribution in [0.3, 0.4) is 0 Å². The molecule has 1 unspecified atom stereocenters. The smallest absolute Gasteiger partial charge is 0.237 e. The summed E-state index contributed by atoms with van der Waals surface area (Å²) in [6.07, 6.45) is -0.861. The van der Waals surface area contributed by atoms with E-state index < -0.39 is 12.6 Å². The quantitative estimate of drug-likeness (QED) is 0.477. The van der Waals surface area contributed by atoms with E-state index in [0.717, 1.165) is 0 Å². The number of halogens is 1. The highest BCUT2D eigenvalue weighted by Crippen LogP contribution is 2.08. The van der Waals surface area contributed by atoms with Crippen molar-refractivity contribution in [3.05, 3.63) is 0 Å². The van der Waals surface area contributed by atoms with E-state index in [1.807, 2.05) is 6.92 Å². The van der Waals surface area contributed by atoms with Gasteiger partial charge in [-0.05, 0) is 6.92 Å². The van der Waals surface area contributed by atoms with Crippen LogP contribution in [0.1, 0.15) is 6.92 Å². The zero-order valence-corrected chi connectivity index (χ0v) is 11.5. The van der Waals surface area contributed by atoms with Gasteiger partial charge in [0.1, 0.15) is 5.88 Å². The maximum Gasteiger partial charge on any atom is 0.237 e. The first kappa shape index (κ1) is 15.7. The third-order valence-electron chi connectivity index (χ3n) is 2.51. The Bertz CT molecular complexity index is 248. The van der Waals surface area contributed by atoms with Gasteiger partial charge in [0, 0.05) is 13.7 Å². The maximum atomic E-state index is 11.7. The van der Waals surface area contributed by atoms with E-state index in [1.54, 1.807) is 0 Å². The largest absolute Gasteiger partial charge is 0.354 e. The number of carbonyl (C=O) groups excluding carboxylic acids is 1. The van der Waals surface area contributed by atoms with Crippen molar-refractivity contribution < 1.29 is 23.7 Å². The number of amides is 1. The van der Waals surface area contributed by atoms with Crippen LogP contribution in [0.25, 0.3) is 0 Å². The Morgan fingerprint density at radius 2 is 2.17 bits per heavy atom. The zero-order chi connectivity index (χ0) is 13.4. The van der Waals surface area contributed by atoms with Gasteiger partial charge in [0.15, 0.2) is 12.6 Å². The first-order chi connectivity index (χ1) is 8.71. The van der Waals surface area contributed by atoms with Crippen molar-refractivity contribution in [3.8, 4) is 0 Å². The molecule has 0 N–H and O–H groups in total. The molecule has 1 atom stereocenters. The lowest BCUT2D eigenvalue weighted by atomic mass is 10.4. The summed E-state index contributed by atoms with van der Waals surface area (Å²) in [5.41, 5.74) is 0. The summed E-state index contributed by atoms with van der Waals surface area (Å²) < 4.78 is 21.1. The van der Waals surface area contributed by atoms with E-state index in [9.17, 15) is 4.79 Å². The van der Waals surface area contributed by atoms with Gasteiger partial charge in [0.25, 0.3) is 0 Å². The van der Waals surface area contributed by atoms with E-state index in [0.29, 0.717) is 32.9 Å². The average Bonchev–Trinajstić information content (AvgIpc) is 2.89. The van der Waals surface area contributed by atoms with E-state index in [4.69, 9.17) is 30.5 Å². The van der Waals surface area contributed by atoms with E-state index in [-0.39, 0.29) is 11.8 Å². The van der Waals surface area contributed by atoms with Crippen molar-refractivity contribution in [2.45, 2.75) is 19.5 Å². The second-order valence-electron chi connectivity index (χ2n) is 3.72. The second kappa shape index (κ2) is 8.66. The van der Waals surface area contributed by atoms with Crippen molar-refractivity contribution in [2.75, 3.05) is 45.9 Å². The average molecular weight is 282 g/mol. The van der Waals surface area contributed by atoms with Crippen LogP contribution in [0, 0.1) is 0 Å². The minimum Gasteiger partial charge on any atom is -0.354 e. The Kier molecular flexibility index (Phi) is 7.53. The highest BCUT2D eigenvalue weighted by atomic mass is 35.5. The summed E-state index contributed by atoms with van der Waals surface area (Å²) in [5.74, 6) is -0.285. The molecule has 0 aromatic rings. The molecule has 1 fully saturated rings. The molecule has 0 spiro atoms. The third kappa shape index (κ3) is 5.07. The summed E-state index contributed by atoms with van der Waals surface area (Å²) in [6, 6.07) is 0. The van der Waals surface area contributed by atoms with Crippen LogP contribution in [0.4, 0.5) is 0 Å². The molecule has 7 heteroatoms. The molecule has 0 bridgehead atoms. The van der Waals surface area contributed by atoms with Gasteiger partial charge >= 0.3 is 0 Å². The number of methoxy groups -OCH3 is 1. The molecule has 1 amide bonds. The minimum atomic E-state index is -0.469. The Morgan fingerprint density at radius 1 is 1.50 bits per heavy atom. The number of ether oxygens (including phenoxy) is 4. The van der Waals surface area contributed by atoms with Gasteiger partial charge in [-0.15, -0.1) is 11.6 Å². The molecule has 0 aromatic carbocycles. The predicted molar refractivity (Wildman–Crippen MR) is 65.4 cm³/mol. The second-order valence-corrected chi connectivity index (χ2v) is 3.99. The molecular formula is C11H20ClNO5. The fraction of sp³-hybridized carbons (Fsp3) is 0.909. The van der Waals surface area contributed by atoms with Crippen LogP contribution in [0.15, 0.2) is 0 Å². The molecular weight excluding hydrogens is 262 g/mol. The predicted octanol–water partition coefficient (Wildman–Crippen LogP) is 0.436. The number of hydrogen-bond acceptors (Lipinski definition) is 5. The molecule has 0 saturated carbocycles. The summed E-state index contributed by atoms with van der Waals surface area (Å²) >= 11 is 5.58. The van der Waals surface area contributed by atoms with Gasteiger partial charge < -0.3 is 23.8 Å². The lowest BCUT2D eigenvalue weighted by Crippen LogP contribution is -2.44. The molecule has 1 aliphatic rings. The van der Waals surface area contributed by atoms with Crippen LogP contribution >= 0.6 is 11.6 Å². The number of nitrogens with zero attached hydrogens (tertiary/aromatic N) is 1. The fourth-order valence-corrected chi connectivity index (χ4v) is 1.79. The number of rotatable bonds is 8. The SMILES string of the molecule is CCOC(CN(CC1OCCO1)C(=O)CCl)OC. The molecule has 1 heterocycles. The first-order valence-corrected chi connectivity index (χ1v) is 6.46. The summed E-state index contributed by atoms with van der Waals surface area (Å²) in [5, 5.41) is 0. The van der Waals surface area contributed by atoms with Gasteiger partial charge in [-0.1, -0.05) is 0 Å². The van der Waals surface area contributed by atoms with Gasteiger partial charge in [-0.2, -0.15) is 0 Å². The van der Waals surface area contributed by atoms with Crippen LogP contribution in [0.2, 0.25) is 0 Å². The number of carbonyl (C=O) groups is 1. The minimum absolute atomic E-state index is 0.0880. The lowest BCUT2D eigenvalue weighted by molar-refractivity contribution is -0.157. The van der Waals surface area contributed by atoms with Crippen molar-refractivity contribution in [1.82, 2.24) is 4.90 Å². The lowest BCUT2D eigenvalue weighted by Gasteiger charge is -2.27. The topological polar surface area (TPSA) is 57.2 Å². The highest BCUT2D eigenvalue weighted by molar-refractivity contribution is 6.27. The molecule has 0 aliphatic carbocycles. The third-order valence-corrected chi connectivity index (χ3v) is 2.74. The Balaban J connectivity index is 2.50. The van der Waals surface area contributed by atoms with E-state index in [1.165, 1.54) is 12.0 Å². The number of hydrogen-bond donors (Lipinski definition) is 0. The van der Waals surface area contributed by atoms with Crippen molar-refractivity contribution in [2.24, 2.45) is 0 Å². The van der Waals surface area contributed by atoms with Crippen molar-refractivity contribution >= 4 is 17.5 Å². The first-order valence-electron chi connectivity index (χ1n) is 5.92.